The fourth-order valence-corrected chi connectivity index (χ4v) is 4.74. The minimum atomic E-state index is -0.806. The topological polar surface area (TPSA) is 59.7 Å². The Kier molecular flexibility index (Phi) is 7.74. The lowest BCUT2D eigenvalue weighted by Gasteiger charge is -2.12. The first-order valence-corrected chi connectivity index (χ1v) is 12.3. The molecule has 0 saturated carbocycles. The summed E-state index contributed by atoms with van der Waals surface area (Å²) >= 11 is 1.76. The van der Waals surface area contributed by atoms with Crippen LogP contribution < -0.4 is 4.74 Å². The molecule has 1 aromatic heterocycles. The largest absolute Gasteiger partial charge is 0.493 e. The van der Waals surface area contributed by atoms with E-state index >= 15 is 0 Å². The van der Waals surface area contributed by atoms with Gasteiger partial charge in [0.2, 0.25) is 0 Å². The van der Waals surface area contributed by atoms with E-state index in [1.54, 1.807) is 11.8 Å². The highest BCUT2D eigenvalue weighted by atomic mass is 32.2. The van der Waals surface area contributed by atoms with Crippen molar-refractivity contribution in [1.82, 2.24) is 0 Å². The number of carboxylic acid groups (broad SMARTS) is 1. The molecule has 33 heavy (non-hydrogen) atoms. The fourth-order valence-electron chi connectivity index (χ4n) is 3.91. The maximum Gasteiger partial charge on any atom is 0.307 e. The van der Waals surface area contributed by atoms with Crippen molar-refractivity contribution in [2.24, 2.45) is 0 Å². The lowest BCUT2D eigenvalue weighted by molar-refractivity contribution is -0.136. The Balaban J connectivity index is 1.37. The fraction of sp³-hybridized carbons (Fsp3) is 0.250. The molecule has 5 heteroatoms. The number of thioether (sulfide) groups is 1. The van der Waals surface area contributed by atoms with Crippen molar-refractivity contribution in [3.63, 3.8) is 0 Å². The molecule has 0 unspecified atom stereocenters. The summed E-state index contributed by atoms with van der Waals surface area (Å²) in [5.41, 5.74) is 5.14. The third-order valence-electron chi connectivity index (χ3n) is 5.48. The summed E-state index contributed by atoms with van der Waals surface area (Å²) in [6, 6.07) is 22.2. The maximum absolute atomic E-state index is 10.8. The summed E-state index contributed by atoms with van der Waals surface area (Å²) in [6.07, 6.45) is 4.75. The van der Waals surface area contributed by atoms with E-state index in [1.807, 2.05) is 48.7 Å². The summed E-state index contributed by atoms with van der Waals surface area (Å²) in [5.74, 6) is 1.03. The highest BCUT2D eigenvalue weighted by molar-refractivity contribution is 7.99. The van der Waals surface area contributed by atoms with Crippen LogP contribution in [0.3, 0.4) is 0 Å². The molecule has 1 N–H and O–H groups in total. The summed E-state index contributed by atoms with van der Waals surface area (Å²) in [5, 5.41) is 9.99. The van der Waals surface area contributed by atoms with Crippen LogP contribution in [0, 0.1) is 0 Å². The summed E-state index contributed by atoms with van der Waals surface area (Å²) < 4.78 is 12.2. The molecule has 0 atom stereocenters. The number of benzene rings is 3. The number of fused-ring (bicyclic) bond motifs is 1. The highest BCUT2D eigenvalue weighted by Gasteiger charge is 2.15. The lowest BCUT2D eigenvalue weighted by Crippen LogP contribution is -2.02. The van der Waals surface area contributed by atoms with Crippen molar-refractivity contribution in [1.29, 1.82) is 0 Å². The predicted octanol–water partition coefficient (Wildman–Crippen LogP) is 7.24. The molecule has 1 heterocycles. The molecule has 3 aromatic carbocycles. The number of carbonyl (C=O) groups is 1. The first-order valence-electron chi connectivity index (χ1n) is 11.3. The molecule has 0 aliphatic carbocycles. The maximum atomic E-state index is 10.8. The van der Waals surface area contributed by atoms with E-state index in [0.29, 0.717) is 6.61 Å². The number of rotatable bonds is 11. The molecule has 0 bridgehead atoms. The van der Waals surface area contributed by atoms with Gasteiger partial charge in [-0.2, -0.15) is 0 Å². The van der Waals surface area contributed by atoms with Crippen molar-refractivity contribution in [2.45, 2.75) is 37.5 Å². The van der Waals surface area contributed by atoms with E-state index < -0.39 is 5.97 Å². The van der Waals surface area contributed by atoms with Crippen molar-refractivity contribution in [3.8, 4) is 16.9 Å². The molecule has 0 amide bonds. The molecular formula is C28H28O4S. The number of aryl methyl sites for hydroxylation is 1. The standard InChI is InChI=1S/C28H28O4S/c1-2-7-24-26(15-14-23-25(19-32-28(23)24)21-8-4-3-5-9-21)31-16-6-17-33-22-12-10-20(11-13-22)18-27(29)30/h3-5,8-15,19H,2,6-7,16-18H2,1H3,(H,29,30). The van der Waals surface area contributed by atoms with Crippen molar-refractivity contribution in [3.05, 3.63) is 84.1 Å². The SMILES string of the molecule is CCCc1c(OCCCSc2ccc(CC(=O)O)cc2)ccc2c(-c3ccccc3)coc12. The van der Waals surface area contributed by atoms with E-state index in [-0.39, 0.29) is 6.42 Å². The second kappa shape index (κ2) is 11.1. The smallest absolute Gasteiger partial charge is 0.307 e. The molecule has 170 valence electrons. The molecule has 0 aliphatic rings. The lowest BCUT2D eigenvalue weighted by atomic mass is 10.0. The van der Waals surface area contributed by atoms with Gasteiger partial charge in [-0.15, -0.1) is 11.8 Å². The first kappa shape index (κ1) is 23.0. The Labute approximate surface area is 198 Å². The van der Waals surface area contributed by atoms with E-state index in [1.165, 1.54) is 0 Å². The van der Waals surface area contributed by atoms with E-state index in [4.69, 9.17) is 14.3 Å². The normalized spacial score (nSPS) is 11.1. The molecule has 0 aliphatic heterocycles. The number of hydrogen-bond donors (Lipinski definition) is 1. The highest BCUT2D eigenvalue weighted by Crippen LogP contribution is 2.37. The molecule has 4 aromatic rings. The minimum Gasteiger partial charge on any atom is -0.493 e. The number of carboxylic acids is 1. The van der Waals surface area contributed by atoms with Crippen molar-refractivity contribution < 1.29 is 19.1 Å². The molecule has 4 nitrogen and oxygen atoms in total. The van der Waals surface area contributed by atoms with Gasteiger partial charge >= 0.3 is 5.97 Å². The van der Waals surface area contributed by atoms with Gasteiger partial charge in [0.1, 0.15) is 11.3 Å². The third kappa shape index (κ3) is 5.79. The van der Waals surface area contributed by atoms with Gasteiger partial charge < -0.3 is 14.3 Å². The zero-order valence-corrected chi connectivity index (χ0v) is 19.6. The van der Waals surface area contributed by atoms with Crippen LogP contribution in [-0.4, -0.2) is 23.4 Å². The monoisotopic (exact) mass is 460 g/mol. The van der Waals surface area contributed by atoms with Gasteiger partial charge in [-0.3, -0.25) is 4.79 Å². The van der Waals surface area contributed by atoms with Crippen molar-refractivity contribution >= 4 is 28.7 Å². The van der Waals surface area contributed by atoms with E-state index in [2.05, 4.69) is 31.2 Å². The molecule has 4 rings (SSSR count). The minimum absolute atomic E-state index is 0.0612. The van der Waals surface area contributed by atoms with Crippen LogP contribution >= 0.6 is 11.8 Å². The Morgan fingerprint density at radius 1 is 1.03 bits per heavy atom. The van der Waals surface area contributed by atoms with Gasteiger partial charge in [0.05, 0.1) is 19.3 Å². The summed E-state index contributed by atoms with van der Waals surface area (Å²) in [4.78, 5) is 11.9. The number of hydrogen-bond acceptors (Lipinski definition) is 4. The summed E-state index contributed by atoms with van der Waals surface area (Å²) in [7, 11) is 0. The first-order chi connectivity index (χ1) is 16.2. The Bertz CT molecular complexity index is 1200. The molecule has 0 fully saturated rings. The van der Waals surface area contributed by atoms with Gasteiger partial charge in [-0.05, 0) is 48.2 Å². The van der Waals surface area contributed by atoms with Crippen LogP contribution in [0.5, 0.6) is 5.75 Å². The molecule has 0 spiro atoms. The molecule has 0 saturated heterocycles. The van der Waals surface area contributed by atoms with Crippen LogP contribution in [0.25, 0.3) is 22.1 Å². The Morgan fingerprint density at radius 3 is 2.55 bits per heavy atom. The van der Waals surface area contributed by atoms with Crippen LogP contribution in [0.2, 0.25) is 0 Å². The second-order valence-electron chi connectivity index (χ2n) is 7.95. The van der Waals surface area contributed by atoms with Crippen LogP contribution in [0.15, 0.2) is 82.3 Å². The molecular weight excluding hydrogens is 432 g/mol. The quantitative estimate of drug-likeness (QED) is 0.189. The Morgan fingerprint density at radius 2 is 1.82 bits per heavy atom. The summed E-state index contributed by atoms with van der Waals surface area (Å²) in [6.45, 7) is 2.81. The second-order valence-corrected chi connectivity index (χ2v) is 9.12. The third-order valence-corrected chi connectivity index (χ3v) is 6.58. The van der Waals surface area contributed by atoms with Crippen molar-refractivity contribution in [2.75, 3.05) is 12.4 Å². The van der Waals surface area contributed by atoms with Gasteiger partial charge in [0.25, 0.3) is 0 Å². The van der Waals surface area contributed by atoms with Gasteiger partial charge in [-0.25, -0.2) is 0 Å². The van der Waals surface area contributed by atoms with E-state index in [9.17, 15) is 4.79 Å². The van der Waals surface area contributed by atoms with Gasteiger partial charge in [-0.1, -0.05) is 55.8 Å². The van der Waals surface area contributed by atoms with Gasteiger partial charge in [0, 0.05) is 27.2 Å². The average molecular weight is 461 g/mol. The van der Waals surface area contributed by atoms with Crippen LogP contribution in [0.4, 0.5) is 0 Å². The average Bonchev–Trinajstić information content (AvgIpc) is 3.26. The van der Waals surface area contributed by atoms with Crippen LogP contribution in [-0.2, 0) is 17.6 Å². The zero-order valence-electron chi connectivity index (χ0n) is 18.8. The number of aliphatic carboxylic acids is 1. The van der Waals surface area contributed by atoms with Gasteiger partial charge in [0.15, 0.2) is 0 Å². The van der Waals surface area contributed by atoms with E-state index in [0.717, 1.165) is 68.9 Å². The zero-order chi connectivity index (χ0) is 23.0. The Hall–Kier alpha value is -3.18. The molecule has 0 radical (unpaired) electrons. The number of ether oxygens (including phenoxy) is 1. The van der Waals surface area contributed by atoms with Crippen LogP contribution in [0.1, 0.15) is 30.9 Å². The number of furan rings is 1. The predicted molar refractivity (Wildman–Crippen MR) is 134 cm³/mol.